The fourth-order valence-electron chi connectivity index (χ4n) is 5.36. The number of carbonyl (C=O) groups is 4. The Morgan fingerprint density at radius 2 is 0.923 bits per heavy atom. The zero-order chi connectivity index (χ0) is 37.8. The van der Waals surface area contributed by atoms with Gasteiger partial charge in [0.05, 0.1) is 24.6 Å². The van der Waals surface area contributed by atoms with Crippen LogP contribution in [-0.2, 0) is 33.4 Å². The molecule has 52 heavy (non-hydrogen) atoms. The molecule has 0 unspecified atom stereocenters. The second kappa shape index (κ2) is 27.2. The summed E-state index contributed by atoms with van der Waals surface area (Å²) in [7, 11) is 0. The first-order valence-corrected chi connectivity index (χ1v) is 18.5. The Balaban J connectivity index is 1.93. The summed E-state index contributed by atoms with van der Waals surface area (Å²) in [6.45, 7) is 4.11. The molecule has 0 aromatic heterocycles. The van der Waals surface area contributed by atoms with Crippen molar-refractivity contribution in [2.75, 3.05) is 75.6 Å². The number of para-hydroxylation sites is 4. The van der Waals surface area contributed by atoms with Gasteiger partial charge >= 0.3 is 23.9 Å². The van der Waals surface area contributed by atoms with E-state index in [1.807, 2.05) is 0 Å². The highest BCUT2D eigenvalue weighted by Gasteiger charge is 2.21. The Labute approximate surface area is 308 Å². The molecule has 0 radical (unpaired) electrons. The van der Waals surface area contributed by atoms with Crippen molar-refractivity contribution in [3.05, 3.63) is 48.5 Å². The van der Waals surface area contributed by atoms with E-state index in [9.17, 15) is 29.4 Å². The van der Waals surface area contributed by atoms with Crippen LogP contribution in [-0.4, -0.2) is 99.9 Å². The molecule has 0 bridgehead atoms. The van der Waals surface area contributed by atoms with Gasteiger partial charge in [-0.05, 0) is 37.1 Å². The van der Waals surface area contributed by atoms with Crippen LogP contribution in [0.25, 0.3) is 0 Å². The lowest BCUT2D eigenvalue weighted by molar-refractivity contribution is -0.144. The number of anilines is 2. The van der Waals surface area contributed by atoms with Gasteiger partial charge in [-0.2, -0.15) is 0 Å². The normalized spacial score (nSPS) is 10.7. The Morgan fingerprint density at radius 1 is 0.500 bits per heavy atom. The number of carbonyl (C=O) groups excluding carboxylic acids is 2. The van der Waals surface area contributed by atoms with Gasteiger partial charge in [0, 0.05) is 6.61 Å². The third-order valence-electron chi connectivity index (χ3n) is 7.95. The number of ether oxygens (including phenoxy) is 5. The van der Waals surface area contributed by atoms with E-state index in [4.69, 9.17) is 23.7 Å². The minimum atomic E-state index is -1.13. The topological polar surface area (TPSA) is 161 Å². The quantitative estimate of drug-likeness (QED) is 0.0652. The van der Waals surface area contributed by atoms with Crippen LogP contribution in [0.2, 0.25) is 0 Å². The second-order valence-corrected chi connectivity index (χ2v) is 12.4. The Kier molecular flexibility index (Phi) is 22.8. The summed E-state index contributed by atoms with van der Waals surface area (Å²) in [6, 6.07) is 13.5. The molecule has 0 saturated heterocycles. The summed E-state index contributed by atoms with van der Waals surface area (Å²) >= 11 is 0. The molecule has 0 saturated carbocycles. The number of nitrogens with zero attached hydrogens (tertiary/aromatic N) is 2. The van der Waals surface area contributed by atoms with Crippen LogP contribution in [0, 0.1) is 0 Å². The molecule has 0 fully saturated rings. The first-order chi connectivity index (χ1) is 25.2. The van der Waals surface area contributed by atoms with Crippen LogP contribution in [0.1, 0.15) is 84.5 Å². The van der Waals surface area contributed by atoms with Crippen molar-refractivity contribution < 1.29 is 53.1 Å². The number of hydrogen-bond donors (Lipinski definition) is 2. The molecule has 0 amide bonds. The van der Waals surface area contributed by atoms with Gasteiger partial charge in [0.25, 0.3) is 0 Å². The van der Waals surface area contributed by atoms with E-state index in [1.54, 1.807) is 48.5 Å². The predicted molar refractivity (Wildman–Crippen MR) is 198 cm³/mol. The first kappa shape index (κ1) is 43.6. The SMILES string of the molecule is CCCCCCCCOCCOC(=O)CN(CC(=O)O)c1ccccc1OCCOc1ccccc1N(CC(=O)O)CC(=O)OCCCCCCC. The van der Waals surface area contributed by atoms with Crippen LogP contribution in [0.15, 0.2) is 48.5 Å². The molecular formula is C39H58N2O11. The smallest absolute Gasteiger partial charge is 0.325 e. The van der Waals surface area contributed by atoms with E-state index in [1.165, 1.54) is 35.5 Å². The van der Waals surface area contributed by atoms with Crippen molar-refractivity contribution in [3.8, 4) is 11.5 Å². The molecule has 13 heteroatoms. The second-order valence-electron chi connectivity index (χ2n) is 12.4. The maximum atomic E-state index is 12.7. The Morgan fingerprint density at radius 3 is 1.40 bits per heavy atom. The minimum absolute atomic E-state index is 0.0334. The van der Waals surface area contributed by atoms with E-state index in [0.717, 1.165) is 44.9 Å². The summed E-state index contributed by atoms with van der Waals surface area (Å²) in [5.41, 5.74) is 0.794. The third-order valence-corrected chi connectivity index (χ3v) is 7.95. The van der Waals surface area contributed by atoms with E-state index >= 15 is 0 Å². The molecule has 2 N–H and O–H groups in total. The molecule has 2 aromatic rings. The van der Waals surface area contributed by atoms with E-state index < -0.39 is 37.0 Å². The molecule has 0 atom stereocenters. The van der Waals surface area contributed by atoms with Gasteiger partial charge in [0.2, 0.25) is 0 Å². The molecule has 0 heterocycles. The lowest BCUT2D eigenvalue weighted by atomic mass is 10.1. The van der Waals surface area contributed by atoms with Crippen molar-refractivity contribution in [1.82, 2.24) is 0 Å². The summed E-state index contributed by atoms with van der Waals surface area (Å²) in [4.78, 5) is 51.4. The van der Waals surface area contributed by atoms with Crippen molar-refractivity contribution in [1.29, 1.82) is 0 Å². The number of esters is 2. The van der Waals surface area contributed by atoms with Crippen molar-refractivity contribution in [3.63, 3.8) is 0 Å². The van der Waals surface area contributed by atoms with E-state index in [-0.39, 0.29) is 46.1 Å². The van der Waals surface area contributed by atoms with Gasteiger partial charge in [0.1, 0.15) is 57.5 Å². The standard InChI is InChI=1S/C39H58N2O11/c1-3-5-7-9-11-16-22-48-24-25-52-39(47)31-41(29-37(44)45)33-19-13-15-21-35(33)50-27-26-49-34-20-14-12-18-32(34)40(28-36(42)43)30-38(46)51-23-17-10-8-6-4-2/h12-15,18-21H,3-11,16-17,22-31H2,1-2H3,(H,42,43)(H,44,45). The zero-order valence-corrected chi connectivity index (χ0v) is 30.9. The molecule has 0 spiro atoms. The molecule has 13 nitrogen and oxygen atoms in total. The predicted octanol–water partition coefficient (Wildman–Crippen LogP) is 6.36. The highest BCUT2D eigenvalue weighted by molar-refractivity contribution is 5.82. The van der Waals surface area contributed by atoms with Crippen LogP contribution in [0.4, 0.5) is 11.4 Å². The molecule has 0 aliphatic rings. The average molecular weight is 731 g/mol. The van der Waals surface area contributed by atoms with Gasteiger partial charge in [-0.1, -0.05) is 95.9 Å². The number of unbranched alkanes of at least 4 members (excludes halogenated alkanes) is 9. The maximum absolute atomic E-state index is 12.7. The first-order valence-electron chi connectivity index (χ1n) is 18.5. The Bertz CT molecular complexity index is 1320. The minimum Gasteiger partial charge on any atom is -0.488 e. The van der Waals surface area contributed by atoms with Crippen LogP contribution >= 0.6 is 0 Å². The van der Waals surface area contributed by atoms with Gasteiger partial charge in [-0.25, -0.2) is 0 Å². The average Bonchev–Trinajstić information content (AvgIpc) is 3.12. The maximum Gasteiger partial charge on any atom is 0.325 e. The fraction of sp³-hybridized carbons (Fsp3) is 0.590. The Hall–Kier alpha value is -4.52. The lowest BCUT2D eigenvalue weighted by Gasteiger charge is -2.25. The highest BCUT2D eigenvalue weighted by atomic mass is 16.6. The van der Waals surface area contributed by atoms with Gasteiger partial charge in [-0.3, -0.25) is 19.2 Å². The number of carboxylic acid groups (broad SMARTS) is 2. The summed E-state index contributed by atoms with van der Waals surface area (Å²) in [5, 5.41) is 19.1. The molecule has 2 rings (SSSR count). The number of carboxylic acids is 2. The van der Waals surface area contributed by atoms with Crippen molar-refractivity contribution >= 4 is 35.3 Å². The number of hydrogen-bond acceptors (Lipinski definition) is 11. The lowest BCUT2D eigenvalue weighted by Crippen LogP contribution is -2.36. The largest absolute Gasteiger partial charge is 0.488 e. The number of benzene rings is 2. The van der Waals surface area contributed by atoms with Gasteiger partial charge < -0.3 is 43.7 Å². The molecule has 0 aliphatic heterocycles. The van der Waals surface area contributed by atoms with Gasteiger partial charge in [0.15, 0.2) is 0 Å². The van der Waals surface area contributed by atoms with Crippen LogP contribution < -0.4 is 19.3 Å². The molecular weight excluding hydrogens is 672 g/mol. The fourth-order valence-corrected chi connectivity index (χ4v) is 5.36. The number of aliphatic carboxylic acids is 2. The van der Waals surface area contributed by atoms with Crippen LogP contribution in [0.3, 0.4) is 0 Å². The summed E-state index contributed by atoms with van der Waals surface area (Å²) < 4.78 is 28.2. The summed E-state index contributed by atoms with van der Waals surface area (Å²) in [6.07, 6.45) is 11.9. The van der Waals surface area contributed by atoms with Crippen molar-refractivity contribution in [2.24, 2.45) is 0 Å². The van der Waals surface area contributed by atoms with Gasteiger partial charge in [-0.15, -0.1) is 0 Å². The van der Waals surface area contributed by atoms with E-state index in [2.05, 4.69) is 13.8 Å². The van der Waals surface area contributed by atoms with E-state index in [0.29, 0.717) is 29.5 Å². The number of rotatable bonds is 31. The monoisotopic (exact) mass is 730 g/mol. The molecule has 2 aromatic carbocycles. The molecule has 0 aliphatic carbocycles. The third kappa shape index (κ3) is 19.2. The molecule has 290 valence electrons. The highest BCUT2D eigenvalue weighted by Crippen LogP contribution is 2.30. The van der Waals surface area contributed by atoms with Crippen LogP contribution in [0.5, 0.6) is 11.5 Å². The van der Waals surface area contributed by atoms with Crippen molar-refractivity contribution in [2.45, 2.75) is 84.5 Å². The summed E-state index contributed by atoms with van der Waals surface area (Å²) in [5.74, 6) is -2.70. The zero-order valence-electron chi connectivity index (χ0n) is 30.9.